The largest absolute Gasteiger partial charge is 0.419 e. The number of nitrogens with one attached hydrogen (secondary N) is 1. The van der Waals surface area contributed by atoms with Gasteiger partial charge in [0, 0.05) is 43.6 Å². The van der Waals surface area contributed by atoms with Gasteiger partial charge in [-0.25, -0.2) is 4.79 Å². The van der Waals surface area contributed by atoms with E-state index in [2.05, 4.69) is 33.9 Å². The van der Waals surface area contributed by atoms with E-state index in [9.17, 15) is 9.59 Å². The number of rotatable bonds is 10. The van der Waals surface area contributed by atoms with Crippen molar-refractivity contribution in [3.8, 4) is 0 Å². The molecule has 10 heteroatoms. The summed E-state index contributed by atoms with van der Waals surface area (Å²) in [5.41, 5.74) is 1.05. The van der Waals surface area contributed by atoms with Crippen molar-refractivity contribution < 1.29 is 9.21 Å². The molecule has 0 bridgehead atoms. The fourth-order valence-corrected chi connectivity index (χ4v) is 3.92. The molecule has 0 saturated carbocycles. The fourth-order valence-electron chi connectivity index (χ4n) is 3.23. The Bertz CT molecular complexity index is 1070. The third-order valence-electron chi connectivity index (χ3n) is 4.62. The third-order valence-corrected chi connectivity index (χ3v) is 5.52. The first kappa shape index (κ1) is 22.4. The van der Waals surface area contributed by atoms with Crippen LogP contribution in [0, 0.1) is 5.92 Å². The lowest BCUT2D eigenvalue weighted by molar-refractivity contribution is -0.121. The molecule has 0 aliphatic carbocycles. The van der Waals surface area contributed by atoms with Gasteiger partial charge >= 0.3 is 5.76 Å². The molecular weight excluding hydrogens is 426 g/mol. The normalized spacial score (nSPS) is 11.5. The first-order valence-electron chi connectivity index (χ1n) is 9.90. The van der Waals surface area contributed by atoms with Gasteiger partial charge in [0.25, 0.3) is 0 Å². The molecule has 0 aliphatic heterocycles. The summed E-state index contributed by atoms with van der Waals surface area (Å²) < 4.78 is 8.78. The number of benzene rings is 1. The molecule has 0 unspecified atom stereocenters. The maximum atomic E-state index is 12.2. The van der Waals surface area contributed by atoms with Crippen molar-refractivity contribution in [1.82, 2.24) is 24.6 Å². The Morgan fingerprint density at radius 3 is 2.83 bits per heavy atom. The zero-order valence-corrected chi connectivity index (χ0v) is 18.9. The Morgan fingerprint density at radius 2 is 2.10 bits per heavy atom. The van der Waals surface area contributed by atoms with E-state index in [-0.39, 0.29) is 18.9 Å². The Morgan fingerprint density at radius 1 is 1.30 bits per heavy atom. The number of hydrogen-bond acceptors (Lipinski definition) is 6. The molecule has 3 rings (SSSR count). The molecule has 0 radical (unpaired) electrons. The molecule has 1 aromatic carbocycles. The molecule has 30 heavy (non-hydrogen) atoms. The van der Waals surface area contributed by atoms with Crippen molar-refractivity contribution in [2.75, 3.05) is 12.8 Å². The minimum absolute atomic E-state index is 0.112. The molecule has 0 fully saturated rings. The Kier molecular flexibility index (Phi) is 7.60. The summed E-state index contributed by atoms with van der Waals surface area (Å²) in [6, 6.07) is 5.00. The van der Waals surface area contributed by atoms with E-state index in [1.54, 1.807) is 30.0 Å². The van der Waals surface area contributed by atoms with Crippen molar-refractivity contribution in [3.05, 3.63) is 39.6 Å². The molecule has 1 N–H and O–H groups in total. The van der Waals surface area contributed by atoms with Gasteiger partial charge in [-0.3, -0.25) is 9.36 Å². The first-order chi connectivity index (χ1) is 14.4. The highest BCUT2D eigenvalue weighted by Gasteiger charge is 2.13. The van der Waals surface area contributed by atoms with Crippen molar-refractivity contribution >= 4 is 40.4 Å². The van der Waals surface area contributed by atoms with Crippen molar-refractivity contribution in [1.29, 1.82) is 0 Å². The smallest absolute Gasteiger partial charge is 0.408 e. The molecule has 0 spiro atoms. The van der Waals surface area contributed by atoms with Gasteiger partial charge in [0.2, 0.25) is 5.91 Å². The predicted molar refractivity (Wildman–Crippen MR) is 118 cm³/mol. The van der Waals surface area contributed by atoms with E-state index < -0.39 is 5.76 Å². The van der Waals surface area contributed by atoms with Gasteiger partial charge in [0.05, 0.1) is 5.52 Å². The molecule has 1 amide bonds. The number of oxazole rings is 1. The van der Waals surface area contributed by atoms with Crippen molar-refractivity contribution in [2.24, 2.45) is 5.92 Å². The standard InChI is InChI=1S/C20H26ClN5O3S/c1-13(2)12-26-17(23-24-19(26)30-3)5-4-9-22-18(27)8-10-25-15-7-6-14(21)11-16(15)29-20(25)28/h6-7,11,13H,4-5,8-10,12H2,1-3H3,(H,22,27). The Labute approximate surface area is 184 Å². The highest BCUT2D eigenvalue weighted by molar-refractivity contribution is 7.98. The number of thioether (sulfide) groups is 1. The molecular formula is C20H26ClN5O3S. The predicted octanol–water partition coefficient (Wildman–Crippen LogP) is 3.36. The lowest BCUT2D eigenvalue weighted by atomic mass is 10.2. The minimum atomic E-state index is -0.492. The minimum Gasteiger partial charge on any atom is -0.408 e. The average molecular weight is 452 g/mol. The molecule has 162 valence electrons. The van der Waals surface area contributed by atoms with E-state index >= 15 is 0 Å². The summed E-state index contributed by atoms with van der Waals surface area (Å²) in [7, 11) is 0. The SMILES string of the molecule is CSc1nnc(CCCNC(=O)CCn2c(=O)oc3cc(Cl)ccc32)n1CC(C)C. The Balaban J connectivity index is 1.48. The van der Waals surface area contributed by atoms with Crippen LogP contribution in [0.25, 0.3) is 11.1 Å². The van der Waals surface area contributed by atoms with E-state index in [1.807, 2.05) is 6.26 Å². The quantitative estimate of drug-likeness (QED) is 0.375. The highest BCUT2D eigenvalue weighted by Crippen LogP contribution is 2.19. The van der Waals surface area contributed by atoms with Gasteiger partial charge in [-0.05, 0) is 30.7 Å². The van der Waals surface area contributed by atoms with Crippen molar-refractivity contribution in [2.45, 2.75) is 51.4 Å². The van der Waals surface area contributed by atoms with Crippen LogP contribution in [0.4, 0.5) is 0 Å². The van der Waals surface area contributed by atoms with Crippen LogP contribution in [0.3, 0.4) is 0 Å². The zero-order valence-electron chi connectivity index (χ0n) is 17.4. The number of nitrogens with zero attached hydrogens (tertiary/aromatic N) is 4. The average Bonchev–Trinajstić information content (AvgIpc) is 3.22. The number of carbonyl (C=O) groups excluding carboxylic acids is 1. The maximum Gasteiger partial charge on any atom is 0.419 e. The van der Waals surface area contributed by atoms with E-state index in [4.69, 9.17) is 16.0 Å². The van der Waals surface area contributed by atoms with Crippen LogP contribution < -0.4 is 11.1 Å². The van der Waals surface area contributed by atoms with Crippen LogP contribution in [0.2, 0.25) is 5.02 Å². The second kappa shape index (κ2) is 10.2. The molecule has 0 aliphatic rings. The number of halogens is 1. The van der Waals surface area contributed by atoms with Gasteiger partial charge < -0.3 is 14.3 Å². The van der Waals surface area contributed by atoms with E-state index in [1.165, 1.54) is 4.57 Å². The molecule has 0 saturated heterocycles. The van der Waals surface area contributed by atoms with Crippen LogP contribution >= 0.6 is 23.4 Å². The van der Waals surface area contributed by atoms with Gasteiger partial charge in [-0.1, -0.05) is 37.2 Å². The van der Waals surface area contributed by atoms with E-state index in [0.29, 0.717) is 28.6 Å². The molecule has 3 aromatic rings. The van der Waals surface area contributed by atoms with Gasteiger partial charge in [-0.15, -0.1) is 10.2 Å². The number of amides is 1. The topological polar surface area (TPSA) is 94.9 Å². The summed E-state index contributed by atoms with van der Waals surface area (Å²) in [4.78, 5) is 24.2. The molecule has 0 atom stereocenters. The van der Waals surface area contributed by atoms with Crippen LogP contribution in [-0.4, -0.2) is 38.0 Å². The number of fused-ring (bicyclic) bond motifs is 1. The number of aryl methyl sites for hydroxylation is 2. The summed E-state index contributed by atoms with van der Waals surface area (Å²) in [6.45, 7) is 6.00. The first-order valence-corrected chi connectivity index (χ1v) is 11.5. The lowest BCUT2D eigenvalue weighted by Crippen LogP contribution is -2.27. The van der Waals surface area contributed by atoms with Gasteiger partial charge in [0.1, 0.15) is 5.82 Å². The summed E-state index contributed by atoms with van der Waals surface area (Å²) >= 11 is 7.51. The number of carbonyl (C=O) groups is 1. The third kappa shape index (κ3) is 5.46. The van der Waals surface area contributed by atoms with Gasteiger partial charge in [-0.2, -0.15) is 0 Å². The molecule has 2 heterocycles. The second-order valence-corrected chi connectivity index (χ2v) is 8.65. The maximum absolute atomic E-state index is 12.2. The molecule has 2 aromatic heterocycles. The van der Waals surface area contributed by atoms with Crippen LogP contribution in [0.1, 0.15) is 32.5 Å². The monoisotopic (exact) mass is 451 g/mol. The fraction of sp³-hybridized carbons (Fsp3) is 0.500. The second-order valence-electron chi connectivity index (χ2n) is 7.44. The highest BCUT2D eigenvalue weighted by atomic mass is 35.5. The summed E-state index contributed by atoms with van der Waals surface area (Å²) in [5, 5.41) is 12.8. The lowest BCUT2D eigenvalue weighted by Gasteiger charge is -2.11. The zero-order chi connectivity index (χ0) is 21.7. The summed E-state index contributed by atoms with van der Waals surface area (Å²) in [6.07, 6.45) is 3.70. The number of hydrogen-bond donors (Lipinski definition) is 1. The van der Waals surface area contributed by atoms with E-state index in [0.717, 1.165) is 30.4 Å². The van der Waals surface area contributed by atoms with Crippen LogP contribution in [0.15, 0.2) is 32.6 Å². The van der Waals surface area contributed by atoms with Crippen molar-refractivity contribution in [3.63, 3.8) is 0 Å². The Hall–Kier alpha value is -2.26. The van der Waals surface area contributed by atoms with Crippen LogP contribution in [-0.2, 0) is 24.3 Å². The molecule has 8 nitrogen and oxygen atoms in total. The van der Waals surface area contributed by atoms with Gasteiger partial charge in [0.15, 0.2) is 10.7 Å². The number of aromatic nitrogens is 4. The summed E-state index contributed by atoms with van der Waals surface area (Å²) in [5.74, 6) is 0.842. The van der Waals surface area contributed by atoms with Crippen LogP contribution in [0.5, 0.6) is 0 Å².